The maximum Gasteiger partial charge on any atom is 0.0872 e. The molecule has 2 aromatic carbocycles. The summed E-state index contributed by atoms with van der Waals surface area (Å²) in [7, 11) is 0. The van der Waals surface area contributed by atoms with Crippen molar-refractivity contribution in [3.63, 3.8) is 0 Å². The molecule has 4 saturated carbocycles. The molecule has 0 radical (unpaired) electrons. The first kappa shape index (κ1) is 10.9. The number of rotatable bonds is 2. The molecule has 4 fully saturated rings. The standard InChI is InChI=1S/C17H15BrO/c18-17-13-8-9-14(17)16(13,17)15(19)12-7-3-5-10-4-1-2-6-11(10)12/h1-7,13-15,19H,8-9H2. The van der Waals surface area contributed by atoms with Gasteiger partial charge in [0.2, 0.25) is 0 Å². The number of aliphatic hydroxyl groups excluding tert-OH is 1. The van der Waals surface area contributed by atoms with E-state index in [-0.39, 0.29) is 15.8 Å². The Morgan fingerprint density at radius 2 is 1.74 bits per heavy atom. The van der Waals surface area contributed by atoms with Gasteiger partial charge in [0.05, 0.1) is 6.10 Å². The van der Waals surface area contributed by atoms with Crippen LogP contribution >= 0.6 is 15.9 Å². The molecular weight excluding hydrogens is 300 g/mol. The number of halogens is 1. The van der Waals surface area contributed by atoms with Crippen LogP contribution in [-0.2, 0) is 0 Å². The molecule has 2 bridgehead atoms. The molecule has 2 heteroatoms. The third-order valence-corrected chi connectivity index (χ3v) is 7.77. The Morgan fingerprint density at radius 3 is 2.47 bits per heavy atom. The SMILES string of the molecule is OC(c1cccc2ccccc12)C12C3CCC1C32Br. The summed E-state index contributed by atoms with van der Waals surface area (Å²) >= 11 is 3.91. The minimum absolute atomic E-state index is 0.164. The fourth-order valence-corrected chi connectivity index (χ4v) is 6.89. The van der Waals surface area contributed by atoms with Crippen molar-refractivity contribution in [1.29, 1.82) is 0 Å². The monoisotopic (exact) mass is 314 g/mol. The first-order valence-corrected chi connectivity index (χ1v) is 7.86. The van der Waals surface area contributed by atoms with Crippen LogP contribution in [0.25, 0.3) is 10.8 Å². The number of hydrogen-bond donors (Lipinski definition) is 1. The van der Waals surface area contributed by atoms with Crippen molar-refractivity contribution in [1.82, 2.24) is 0 Å². The number of alkyl halides is 1. The molecule has 96 valence electrons. The highest BCUT2D eigenvalue weighted by Crippen LogP contribution is 3.00. The van der Waals surface area contributed by atoms with Gasteiger partial charge in [0.15, 0.2) is 0 Å². The lowest BCUT2D eigenvalue weighted by Crippen LogP contribution is -2.12. The summed E-state index contributed by atoms with van der Waals surface area (Å²) in [5.41, 5.74) is 1.28. The van der Waals surface area contributed by atoms with Gasteiger partial charge in [-0.25, -0.2) is 0 Å². The molecule has 0 spiro atoms. The van der Waals surface area contributed by atoms with Gasteiger partial charge in [0.25, 0.3) is 0 Å². The largest absolute Gasteiger partial charge is 0.388 e. The molecule has 3 atom stereocenters. The van der Waals surface area contributed by atoms with Crippen LogP contribution in [0, 0.1) is 17.3 Å². The van der Waals surface area contributed by atoms with Crippen molar-refractivity contribution in [3.8, 4) is 0 Å². The minimum atomic E-state index is -0.310. The molecule has 4 aliphatic rings. The van der Waals surface area contributed by atoms with Crippen molar-refractivity contribution in [3.05, 3.63) is 48.0 Å². The zero-order valence-electron chi connectivity index (χ0n) is 10.5. The summed E-state index contributed by atoms with van der Waals surface area (Å²) in [6, 6.07) is 14.7. The molecule has 3 unspecified atom stereocenters. The lowest BCUT2D eigenvalue weighted by molar-refractivity contribution is 0.108. The lowest BCUT2D eigenvalue weighted by Gasteiger charge is -2.18. The fraction of sp³-hybridized carbons (Fsp3) is 0.412. The van der Waals surface area contributed by atoms with Crippen molar-refractivity contribution < 1.29 is 5.11 Å². The molecule has 0 saturated heterocycles. The molecule has 4 aliphatic carbocycles. The normalized spacial score (nSPS) is 43.1. The summed E-state index contributed by atoms with van der Waals surface area (Å²) < 4.78 is 0.288. The van der Waals surface area contributed by atoms with E-state index < -0.39 is 0 Å². The van der Waals surface area contributed by atoms with E-state index in [1.807, 2.05) is 0 Å². The fourth-order valence-electron chi connectivity index (χ4n) is 5.13. The topological polar surface area (TPSA) is 20.2 Å². The third kappa shape index (κ3) is 0.955. The molecule has 6 rings (SSSR count). The smallest absolute Gasteiger partial charge is 0.0872 e. The van der Waals surface area contributed by atoms with E-state index in [2.05, 4.69) is 58.4 Å². The van der Waals surface area contributed by atoms with Gasteiger partial charge in [0.1, 0.15) is 0 Å². The summed E-state index contributed by atoms with van der Waals surface area (Å²) in [5, 5.41) is 13.4. The van der Waals surface area contributed by atoms with Crippen molar-refractivity contribution in [2.75, 3.05) is 0 Å². The summed E-state index contributed by atoms with van der Waals surface area (Å²) in [6.07, 6.45) is 2.27. The Balaban J connectivity index is 1.67. The van der Waals surface area contributed by atoms with Gasteiger partial charge in [-0.1, -0.05) is 58.4 Å². The average Bonchev–Trinajstić information content (AvgIpc) is 2.98. The zero-order valence-corrected chi connectivity index (χ0v) is 12.1. The van der Waals surface area contributed by atoms with Crippen LogP contribution in [0.5, 0.6) is 0 Å². The van der Waals surface area contributed by atoms with Gasteiger partial charge in [-0.15, -0.1) is 0 Å². The van der Waals surface area contributed by atoms with Gasteiger partial charge < -0.3 is 5.11 Å². The Bertz CT molecular complexity index is 690. The second-order valence-electron chi connectivity index (χ2n) is 6.35. The molecular formula is C17H15BrO. The van der Waals surface area contributed by atoms with Gasteiger partial charge >= 0.3 is 0 Å². The van der Waals surface area contributed by atoms with Gasteiger partial charge in [-0.3, -0.25) is 0 Å². The predicted octanol–water partition coefficient (Wildman–Crippen LogP) is 4.05. The third-order valence-electron chi connectivity index (χ3n) is 5.98. The summed E-state index contributed by atoms with van der Waals surface area (Å²) in [4.78, 5) is 0. The molecule has 1 nitrogen and oxygen atoms in total. The second-order valence-corrected chi connectivity index (χ2v) is 7.67. The molecule has 19 heavy (non-hydrogen) atoms. The van der Waals surface area contributed by atoms with Gasteiger partial charge in [-0.2, -0.15) is 0 Å². The Kier molecular flexibility index (Phi) is 1.76. The van der Waals surface area contributed by atoms with E-state index in [0.717, 1.165) is 5.56 Å². The maximum absolute atomic E-state index is 11.0. The minimum Gasteiger partial charge on any atom is -0.388 e. The van der Waals surface area contributed by atoms with E-state index in [1.54, 1.807) is 0 Å². The highest BCUT2D eigenvalue weighted by molar-refractivity contribution is 9.10. The second kappa shape index (κ2) is 3.07. The molecule has 0 aliphatic heterocycles. The number of fused-ring (bicyclic) bond motifs is 2. The van der Waals surface area contributed by atoms with Crippen LogP contribution in [0.4, 0.5) is 0 Å². The Morgan fingerprint density at radius 1 is 1.05 bits per heavy atom. The molecule has 0 heterocycles. The van der Waals surface area contributed by atoms with E-state index in [1.165, 1.54) is 23.6 Å². The maximum atomic E-state index is 11.0. The van der Waals surface area contributed by atoms with E-state index in [9.17, 15) is 5.11 Å². The molecule has 1 N–H and O–H groups in total. The van der Waals surface area contributed by atoms with Crippen LogP contribution < -0.4 is 0 Å². The van der Waals surface area contributed by atoms with Crippen LogP contribution in [0.3, 0.4) is 0 Å². The van der Waals surface area contributed by atoms with Gasteiger partial charge in [-0.05, 0) is 41.0 Å². The van der Waals surface area contributed by atoms with Crippen LogP contribution in [0.2, 0.25) is 0 Å². The highest BCUT2D eigenvalue weighted by atomic mass is 79.9. The van der Waals surface area contributed by atoms with Crippen molar-refractivity contribution in [2.45, 2.75) is 23.3 Å². The lowest BCUT2D eigenvalue weighted by atomic mass is 9.91. The summed E-state index contributed by atoms with van der Waals surface area (Å²) in [5.74, 6) is 1.41. The molecule has 0 aromatic heterocycles. The number of hydrogen-bond acceptors (Lipinski definition) is 1. The van der Waals surface area contributed by atoms with E-state index in [4.69, 9.17) is 0 Å². The van der Waals surface area contributed by atoms with Gasteiger partial charge in [0, 0.05) is 9.74 Å². The predicted molar refractivity (Wildman–Crippen MR) is 79.2 cm³/mol. The Hall–Kier alpha value is -0.860. The molecule has 0 amide bonds. The van der Waals surface area contributed by atoms with Crippen molar-refractivity contribution >= 4 is 26.7 Å². The summed E-state index contributed by atoms with van der Waals surface area (Å²) in [6.45, 7) is 0. The average molecular weight is 315 g/mol. The van der Waals surface area contributed by atoms with E-state index in [0.29, 0.717) is 11.8 Å². The number of benzene rings is 2. The highest BCUT2D eigenvalue weighted by Gasteiger charge is 3.01. The van der Waals surface area contributed by atoms with Crippen LogP contribution in [0.1, 0.15) is 24.5 Å². The Labute approximate surface area is 120 Å². The number of aliphatic hydroxyl groups is 1. The van der Waals surface area contributed by atoms with Crippen LogP contribution in [-0.4, -0.2) is 9.43 Å². The first-order valence-electron chi connectivity index (χ1n) is 7.07. The van der Waals surface area contributed by atoms with Crippen LogP contribution in [0.15, 0.2) is 42.5 Å². The first-order chi connectivity index (χ1) is 9.22. The molecule has 2 aromatic rings. The van der Waals surface area contributed by atoms with E-state index >= 15 is 0 Å². The quantitative estimate of drug-likeness (QED) is 0.829. The van der Waals surface area contributed by atoms with Crippen molar-refractivity contribution in [2.24, 2.45) is 17.3 Å². The zero-order chi connectivity index (χ0) is 12.8.